The average molecular weight is 251 g/mol. The van der Waals surface area contributed by atoms with E-state index in [1.165, 1.54) is 0 Å². The van der Waals surface area contributed by atoms with Crippen LogP contribution in [0.25, 0.3) is 0 Å². The fourth-order valence-corrected chi connectivity index (χ4v) is 1.55. The van der Waals surface area contributed by atoms with Crippen LogP contribution in [0, 0.1) is 0 Å². The lowest BCUT2D eigenvalue weighted by Gasteiger charge is -2.20. The van der Waals surface area contributed by atoms with Crippen molar-refractivity contribution in [2.24, 2.45) is 0 Å². The SMILES string of the molecule is CCOc1cccc(OCCCNC(C)(C)C)c1. The third-order valence-electron chi connectivity index (χ3n) is 2.36. The quantitative estimate of drug-likeness (QED) is 0.755. The molecule has 0 radical (unpaired) electrons. The van der Waals surface area contributed by atoms with Gasteiger partial charge in [-0.15, -0.1) is 0 Å². The van der Waals surface area contributed by atoms with E-state index in [0.29, 0.717) is 6.61 Å². The third kappa shape index (κ3) is 6.50. The number of hydrogen-bond acceptors (Lipinski definition) is 3. The molecule has 18 heavy (non-hydrogen) atoms. The van der Waals surface area contributed by atoms with Crippen molar-refractivity contribution in [3.63, 3.8) is 0 Å². The third-order valence-corrected chi connectivity index (χ3v) is 2.36. The normalized spacial score (nSPS) is 11.3. The van der Waals surface area contributed by atoms with Gasteiger partial charge < -0.3 is 14.8 Å². The van der Waals surface area contributed by atoms with E-state index in [2.05, 4.69) is 26.1 Å². The van der Waals surface area contributed by atoms with Crippen LogP contribution in [0.3, 0.4) is 0 Å². The van der Waals surface area contributed by atoms with Gasteiger partial charge in [0.15, 0.2) is 0 Å². The van der Waals surface area contributed by atoms with Crippen molar-refractivity contribution >= 4 is 0 Å². The zero-order valence-electron chi connectivity index (χ0n) is 12.0. The monoisotopic (exact) mass is 251 g/mol. The highest BCUT2D eigenvalue weighted by molar-refractivity contribution is 5.32. The summed E-state index contributed by atoms with van der Waals surface area (Å²) in [6.07, 6.45) is 0.996. The predicted octanol–water partition coefficient (Wildman–Crippen LogP) is 3.24. The topological polar surface area (TPSA) is 30.5 Å². The van der Waals surface area contributed by atoms with Gasteiger partial charge in [0.1, 0.15) is 11.5 Å². The van der Waals surface area contributed by atoms with E-state index in [9.17, 15) is 0 Å². The van der Waals surface area contributed by atoms with Crippen molar-refractivity contribution in [3.8, 4) is 11.5 Å². The van der Waals surface area contributed by atoms with Gasteiger partial charge >= 0.3 is 0 Å². The fourth-order valence-electron chi connectivity index (χ4n) is 1.55. The van der Waals surface area contributed by atoms with Gasteiger partial charge in [0.2, 0.25) is 0 Å². The van der Waals surface area contributed by atoms with Crippen molar-refractivity contribution in [2.45, 2.75) is 39.7 Å². The second-order valence-electron chi connectivity index (χ2n) is 5.29. The van der Waals surface area contributed by atoms with Crippen molar-refractivity contribution in [1.29, 1.82) is 0 Å². The first kappa shape index (κ1) is 14.8. The highest BCUT2D eigenvalue weighted by atomic mass is 16.5. The van der Waals surface area contributed by atoms with Crippen LogP contribution < -0.4 is 14.8 Å². The molecule has 0 spiro atoms. The molecule has 1 N–H and O–H groups in total. The molecule has 0 bridgehead atoms. The standard InChI is InChI=1S/C15H25NO2/c1-5-17-13-8-6-9-14(12-13)18-11-7-10-16-15(2,3)4/h6,8-9,12,16H,5,7,10-11H2,1-4H3. The molecule has 1 rings (SSSR count). The van der Waals surface area contributed by atoms with Crippen molar-refractivity contribution in [3.05, 3.63) is 24.3 Å². The van der Waals surface area contributed by atoms with Crippen LogP contribution in [0.5, 0.6) is 11.5 Å². The summed E-state index contributed by atoms with van der Waals surface area (Å²) in [6.45, 7) is 10.8. The Bertz CT molecular complexity index is 345. The van der Waals surface area contributed by atoms with Gasteiger partial charge in [-0.2, -0.15) is 0 Å². The summed E-state index contributed by atoms with van der Waals surface area (Å²) in [5.41, 5.74) is 0.175. The minimum atomic E-state index is 0.175. The second kappa shape index (κ2) is 7.27. The first-order chi connectivity index (χ1) is 8.51. The lowest BCUT2D eigenvalue weighted by Crippen LogP contribution is -2.36. The van der Waals surface area contributed by atoms with Gasteiger partial charge in [-0.3, -0.25) is 0 Å². The zero-order chi connectivity index (χ0) is 13.4. The molecule has 0 saturated carbocycles. The van der Waals surface area contributed by atoms with Gasteiger partial charge in [-0.25, -0.2) is 0 Å². The molecule has 1 aromatic carbocycles. The minimum Gasteiger partial charge on any atom is -0.494 e. The molecule has 0 aliphatic carbocycles. The Hall–Kier alpha value is -1.22. The van der Waals surface area contributed by atoms with E-state index in [1.807, 2.05) is 31.2 Å². The second-order valence-corrected chi connectivity index (χ2v) is 5.29. The number of nitrogens with one attached hydrogen (secondary N) is 1. The molecule has 0 aliphatic heterocycles. The fraction of sp³-hybridized carbons (Fsp3) is 0.600. The summed E-state index contributed by atoms with van der Waals surface area (Å²) in [5.74, 6) is 1.74. The molecule has 0 unspecified atom stereocenters. The van der Waals surface area contributed by atoms with Crippen molar-refractivity contribution < 1.29 is 9.47 Å². The number of rotatable bonds is 7. The molecule has 0 heterocycles. The van der Waals surface area contributed by atoms with Crippen LogP contribution in [-0.4, -0.2) is 25.3 Å². The summed E-state index contributed by atoms with van der Waals surface area (Å²) in [6, 6.07) is 7.78. The number of ether oxygens (including phenoxy) is 2. The molecule has 0 aromatic heterocycles. The Balaban J connectivity index is 2.24. The lowest BCUT2D eigenvalue weighted by molar-refractivity contribution is 0.293. The molecular formula is C15H25NO2. The Labute approximate surface area is 110 Å². The maximum Gasteiger partial charge on any atom is 0.122 e. The Morgan fingerprint density at radius 1 is 1.11 bits per heavy atom. The van der Waals surface area contributed by atoms with Gasteiger partial charge in [0, 0.05) is 11.6 Å². The van der Waals surface area contributed by atoms with Crippen LogP contribution in [0.15, 0.2) is 24.3 Å². The lowest BCUT2D eigenvalue weighted by atomic mass is 10.1. The largest absolute Gasteiger partial charge is 0.494 e. The van der Waals surface area contributed by atoms with E-state index in [-0.39, 0.29) is 5.54 Å². The van der Waals surface area contributed by atoms with E-state index in [4.69, 9.17) is 9.47 Å². The van der Waals surface area contributed by atoms with Gasteiger partial charge in [-0.1, -0.05) is 6.07 Å². The first-order valence-electron chi connectivity index (χ1n) is 6.62. The summed E-state index contributed by atoms with van der Waals surface area (Å²) in [5, 5.41) is 3.44. The molecule has 0 fully saturated rings. The van der Waals surface area contributed by atoms with E-state index in [0.717, 1.165) is 31.1 Å². The summed E-state index contributed by atoms with van der Waals surface area (Å²) in [7, 11) is 0. The molecule has 102 valence electrons. The highest BCUT2D eigenvalue weighted by Crippen LogP contribution is 2.19. The minimum absolute atomic E-state index is 0.175. The maximum atomic E-state index is 5.69. The highest BCUT2D eigenvalue weighted by Gasteiger charge is 2.07. The number of hydrogen-bond donors (Lipinski definition) is 1. The number of benzene rings is 1. The molecule has 0 saturated heterocycles. The molecule has 0 amide bonds. The van der Waals surface area contributed by atoms with Crippen LogP contribution in [0.2, 0.25) is 0 Å². The van der Waals surface area contributed by atoms with Crippen molar-refractivity contribution in [1.82, 2.24) is 5.32 Å². The molecule has 1 aromatic rings. The summed E-state index contributed by atoms with van der Waals surface area (Å²) >= 11 is 0. The Morgan fingerprint density at radius 3 is 2.39 bits per heavy atom. The van der Waals surface area contributed by atoms with Crippen LogP contribution in [0.4, 0.5) is 0 Å². The van der Waals surface area contributed by atoms with Crippen LogP contribution in [-0.2, 0) is 0 Å². The molecule has 3 heteroatoms. The van der Waals surface area contributed by atoms with E-state index < -0.39 is 0 Å². The molecule has 0 atom stereocenters. The zero-order valence-corrected chi connectivity index (χ0v) is 12.0. The maximum absolute atomic E-state index is 5.69. The van der Waals surface area contributed by atoms with E-state index >= 15 is 0 Å². The summed E-state index contributed by atoms with van der Waals surface area (Å²) < 4.78 is 11.1. The predicted molar refractivity (Wildman–Crippen MR) is 75.5 cm³/mol. The Morgan fingerprint density at radius 2 is 1.78 bits per heavy atom. The Kier molecular flexibility index (Phi) is 5.99. The molecule has 0 aliphatic rings. The van der Waals surface area contributed by atoms with E-state index in [1.54, 1.807) is 0 Å². The van der Waals surface area contributed by atoms with Gasteiger partial charge in [-0.05, 0) is 52.8 Å². The van der Waals surface area contributed by atoms with Crippen molar-refractivity contribution in [2.75, 3.05) is 19.8 Å². The molecular weight excluding hydrogens is 226 g/mol. The van der Waals surface area contributed by atoms with Crippen LogP contribution >= 0.6 is 0 Å². The smallest absolute Gasteiger partial charge is 0.122 e. The van der Waals surface area contributed by atoms with Crippen LogP contribution in [0.1, 0.15) is 34.1 Å². The first-order valence-corrected chi connectivity index (χ1v) is 6.62. The van der Waals surface area contributed by atoms with Gasteiger partial charge in [0.05, 0.1) is 13.2 Å². The summed E-state index contributed by atoms with van der Waals surface area (Å²) in [4.78, 5) is 0. The van der Waals surface area contributed by atoms with Gasteiger partial charge in [0.25, 0.3) is 0 Å². The average Bonchev–Trinajstić information content (AvgIpc) is 2.28. The molecule has 3 nitrogen and oxygen atoms in total.